The molecule has 0 saturated heterocycles. The molecular weight excluding hydrogens is 192 g/mol. The lowest BCUT2D eigenvalue weighted by Gasteiger charge is -2.11. The van der Waals surface area contributed by atoms with Crippen molar-refractivity contribution in [1.29, 1.82) is 0 Å². The second-order valence-corrected chi connectivity index (χ2v) is 3.32. The van der Waals surface area contributed by atoms with Gasteiger partial charge in [0.2, 0.25) is 11.8 Å². The van der Waals surface area contributed by atoms with Crippen molar-refractivity contribution in [1.82, 2.24) is 5.32 Å². The number of nitrogens with one attached hydrogen (secondary N) is 1. The van der Waals surface area contributed by atoms with E-state index in [9.17, 15) is 9.59 Å². The zero-order valence-electron chi connectivity index (χ0n) is 8.57. The zero-order chi connectivity index (χ0) is 11.3. The first-order valence-electron chi connectivity index (χ1n) is 4.72. The molecule has 0 bridgehead atoms. The number of carbonyl (C=O) groups is 2. The first kappa shape index (κ1) is 11.2. The monoisotopic (exact) mass is 206 g/mol. The van der Waals surface area contributed by atoms with Crippen molar-refractivity contribution in [2.75, 3.05) is 6.54 Å². The number of benzene rings is 1. The predicted octanol–water partition coefficient (Wildman–Crippen LogP) is 0.392. The Morgan fingerprint density at radius 1 is 1.33 bits per heavy atom. The molecule has 1 aromatic carbocycles. The van der Waals surface area contributed by atoms with Gasteiger partial charge in [-0.25, -0.2) is 0 Å². The third-order valence-corrected chi connectivity index (χ3v) is 2.13. The summed E-state index contributed by atoms with van der Waals surface area (Å²) >= 11 is 0. The molecule has 80 valence electrons. The number of hydrogen-bond donors (Lipinski definition) is 2. The molecule has 1 atom stereocenters. The molecule has 0 spiro atoms. The Morgan fingerprint density at radius 2 is 1.93 bits per heavy atom. The summed E-state index contributed by atoms with van der Waals surface area (Å²) in [6, 6.07) is 9.36. The summed E-state index contributed by atoms with van der Waals surface area (Å²) in [5.74, 6) is -1.01. The number of carbonyl (C=O) groups excluding carboxylic acids is 2. The van der Waals surface area contributed by atoms with Gasteiger partial charge in [0.1, 0.15) is 0 Å². The van der Waals surface area contributed by atoms with Crippen molar-refractivity contribution in [3.05, 3.63) is 35.9 Å². The first-order valence-corrected chi connectivity index (χ1v) is 4.72. The van der Waals surface area contributed by atoms with E-state index in [0.29, 0.717) is 0 Å². The zero-order valence-corrected chi connectivity index (χ0v) is 8.57. The molecule has 4 nitrogen and oxygen atoms in total. The van der Waals surface area contributed by atoms with Crippen LogP contribution < -0.4 is 11.1 Å². The Hall–Kier alpha value is -1.84. The van der Waals surface area contributed by atoms with Gasteiger partial charge in [-0.2, -0.15) is 0 Å². The van der Waals surface area contributed by atoms with Gasteiger partial charge in [-0.05, 0) is 12.5 Å². The summed E-state index contributed by atoms with van der Waals surface area (Å²) < 4.78 is 0. The molecule has 3 N–H and O–H groups in total. The molecule has 0 fully saturated rings. The number of amides is 2. The van der Waals surface area contributed by atoms with Crippen molar-refractivity contribution >= 4 is 11.8 Å². The summed E-state index contributed by atoms with van der Waals surface area (Å²) in [7, 11) is 0. The van der Waals surface area contributed by atoms with Crippen molar-refractivity contribution in [2.24, 2.45) is 5.73 Å². The smallest absolute Gasteiger partial charge is 0.236 e. The predicted molar refractivity (Wildman–Crippen MR) is 57.1 cm³/mol. The molecule has 0 aliphatic heterocycles. The van der Waals surface area contributed by atoms with Gasteiger partial charge < -0.3 is 11.1 Å². The van der Waals surface area contributed by atoms with Crippen LogP contribution in [0.25, 0.3) is 0 Å². The highest BCUT2D eigenvalue weighted by Crippen LogP contribution is 2.13. The van der Waals surface area contributed by atoms with Crippen LogP contribution in [0.15, 0.2) is 30.3 Å². The highest BCUT2D eigenvalue weighted by Gasteiger charge is 2.14. The van der Waals surface area contributed by atoms with Crippen molar-refractivity contribution in [2.45, 2.75) is 12.8 Å². The topological polar surface area (TPSA) is 72.2 Å². The van der Waals surface area contributed by atoms with Crippen LogP contribution in [-0.2, 0) is 9.59 Å². The number of rotatable bonds is 4. The molecule has 0 radical (unpaired) electrons. The van der Waals surface area contributed by atoms with Gasteiger partial charge >= 0.3 is 0 Å². The Kier molecular flexibility index (Phi) is 3.85. The van der Waals surface area contributed by atoms with Gasteiger partial charge in [-0.15, -0.1) is 0 Å². The minimum absolute atomic E-state index is 0.115. The highest BCUT2D eigenvalue weighted by molar-refractivity contribution is 5.87. The average molecular weight is 206 g/mol. The maximum atomic E-state index is 11.5. The van der Waals surface area contributed by atoms with E-state index in [1.165, 1.54) is 0 Å². The quantitative estimate of drug-likeness (QED) is 0.748. The molecular formula is C11H14N2O2. The summed E-state index contributed by atoms with van der Waals surface area (Å²) in [5.41, 5.74) is 5.84. The van der Waals surface area contributed by atoms with Crippen molar-refractivity contribution in [3.8, 4) is 0 Å². The first-order chi connectivity index (χ1) is 7.11. The fraction of sp³-hybridized carbons (Fsp3) is 0.273. The van der Waals surface area contributed by atoms with E-state index in [1.807, 2.05) is 30.3 Å². The molecule has 15 heavy (non-hydrogen) atoms. The molecule has 1 rings (SSSR count). The molecule has 2 amide bonds. The second kappa shape index (κ2) is 5.14. The Bertz CT molecular complexity index is 349. The van der Waals surface area contributed by atoms with Crippen LogP contribution in [0, 0.1) is 0 Å². The Labute approximate surface area is 88.5 Å². The van der Waals surface area contributed by atoms with Crippen LogP contribution in [-0.4, -0.2) is 18.4 Å². The lowest BCUT2D eigenvalue weighted by Crippen LogP contribution is -2.35. The molecule has 0 aromatic heterocycles. The van der Waals surface area contributed by atoms with Crippen LogP contribution >= 0.6 is 0 Å². The summed E-state index contributed by atoms with van der Waals surface area (Å²) in [6.45, 7) is 1.67. The Balaban J connectivity index is 2.57. The van der Waals surface area contributed by atoms with Crippen LogP contribution in [0.4, 0.5) is 0 Å². The minimum atomic E-state index is -0.538. The molecule has 0 saturated carbocycles. The molecule has 0 aliphatic carbocycles. The third kappa shape index (κ3) is 3.42. The molecule has 4 heteroatoms. The van der Waals surface area contributed by atoms with E-state index in [1.54, 1.807) is 6.92 Å². The van der Waals surface area contributed by atoms with Gasteiger partial charge in [-0.3, -0.25) is 9.59 Å². The van der Waals surface area contributed by atoms with E-state index in [0.717, 1.165) is 5.56 Å². The van der Waals surface area contributed by atoms with Crippen molar-refractivity contribution in [3.63, 3.8) is 0 Å². The maximum Gasteiger partial charge on any atom is 0.236 e. The van der Waals surface area contributed by atoms with Gasteiger partial charge in [0.05, 0.1) is 12.5 Å². The lowest BCUT2D eigenvalue weighted by molar-refractivity contribution is -0.125. The SMILES string of the molecule is CC(C(=O)NCC(N)=O)c1ccccc1. The summed E-state index contributed by atoms with van der Waals surface area (Å²) in [6.07, 6.45) is 0. The normalized spacial score (nSPS) is 11.8. The lowest BCUT2D eigenvalue weighted by atomic mass is 10.0. The van der Waals surface area contributed by atoms with Crippen molar-refractivity contribution < 1.29 is 9.59 Å². The number of hydrogen-bond acceptors (Lipinski definition) is 2. The maximum absolute atomic E-state index is 11.5. The largest absolute Gasteiger partial charge is 0.368 e. The van der Waals surface area contributed by atoms with Crippen LogP contribution in [0.2, 0.25) is 0 Å². The Morgan fingerprint density at radius 3 is 2.47 bits per heavy atom. The number of nitrogens with two attached hydrogens (primary N) is 1. The molecule has 0 heterocycles. The van der Waals surface area contributed by atoms with Gasteiger partial charge in [0, 0.05) is 0 Å². The highest BCUT2D eigenvalue weighted by atomic mass is 16.2. The van der Waals surface area contributed by atoms with E-state index in [4.69, 9.17) is 5.73 Å². The second-order valence-electron chi connectivity index (χ2n) is 3.32. The van der Waals surface area contributed by atoms with Crippen LogP contribution in [0.3, 0.4) is 0 Å². The number of primary amides is 1. The standard InChI is InChI=1S/C11H14N2O2/c1-8(9-5-3-2-4-6-9)11(15)13-7-10(12)14/h2-6,8H,7H2,1H3,(H2,12,14)(H,13,15). The molecule has 1 unspecified atom stereocenters. The fourth-order valence-corrected chi connectivity index (χ4v) is 1.22. The van der Waals surface area contributed by atoms with Crippen LogP contribution in [0.5, 0.6) is 0 Å². The van der Waals surface area contributed by atoms with Gasteiger partial charge in [0.25, 0.3) is 0 Å². The van der Waals surface area contributed by atoms with E-state index in [-0.39, 0.29) is 18.4 Å². The summed E-state index contributed by atoms with van der Waals surface area (Å²) in [4.78, 5) is 22.0. The average Bonchev–Trinajstić information content (AvgIpc) is 2.26. The van der Waals surface area contributed by atoms with E-state index < -0.39 is 5.91 Å². The molecule has 1 aromatic rings. The van der Waals surface area contributed by atoms with Gasteiger partial charge in [-0.1, -0.05) is 30.3 Å². The van der Waals surface area contributed by atoms with E-state index in [2.05, 4.69) is 5.32 Å². The van der Waals surface area contributed by atoms with Crippen LogP contribution in [0.1, 0.15) is 18.4 Å². The third-order valence-electron chi connectivity index (χ3n) is 2.13. The minimum Gasteiger partial charge on any atom is -0.368 e. The van der Waals surface area contributed by atoms with E-state index >= 15 is 0 Å². The fourth-order valence-electron chi connectivity index (χ4n) is 1.22. The molecule has 0 aliphatic rings. The summed E-state index contributed by atoms with van der Waals surface area (Å²) in [5, 5.41) is 2.47. The van der Waals surface area contributed by atoms with Gasteiger partial charge in [0.15, 0.2) is 0 Å².